The molecule has 0 aliphatic rings. The molecule has 0 unspecified atom stereocenters. The van der Waals surface area contributed by atoms with Crippen LogP contribution < -0.4 is 10.2 Å². The van der Waals surface area contributed by atoms with Crippen molar-refractivity contribution in [2.75, 3.05) is 0 Å². The van der Waals surface area contributed by atoms with Gasteiger partial charge in [0.25, 0.3) is 0 Å². The number of benzene rings is 2. The fourth-order valence-corrected chi connectivity index (χ4v) is 3.91. The fraction of sp³-hybridized carbons (Fsp3) is 0.200. The van der Waals surface area contributed by atoms with Gasteiger partial charge in [-0.25, -0.2) is 19.0 Å². The number of hydrogen-bond donors (Lipinski definition) is 3. The molecule has 30 heavy (non-hydrogen) atoms. The third-order valence-electron chi connectivity index (χ3n) is 4.91. The smallest absolute Gasteiger partial charge is 0.404 e. The topological polar surface area (TPSA) is 122 Å². The zero-order valence-electron chi connectivity index (χ0n) is 16.6. The van der Waals surface area contributed by atoms with Crippen LogP contribution in [-0.4, -0.2) is 29.1 Å². The van der Waals surface area contributed by atoms with E-state index in [1.165, 1.54) is 10.6 Å². The molecule has 156 valence electrons. The minimum Gasteiger partial charge on any atom is -0.404 e. The largest absolute Gasteiger partial charge is 0.524 e. The molecule has 0 radical (unpaired) electrons. The molecular formula is C20H21N4O5P. The first-order valence-electron chi connectivity index (χ1n) is 9.26. The first-order chi connectivity index (χ1) is 14.1. The van der Waals surface area contributed by atoms with Crippen LogP contribution in [0.3, 0.4) is 0 Å². The van der Waals surface area contributed by atoms with E-state index in [9.17, 15) is 19.1 Å². The number of aromatic nitrogens is 4. The van der Waals surface area contributed by atoms with Crippen molar-refractivity contribution in [2.45, 2.75) is 19.8 Å². The molecule has 10 heteroatoms. The van der Waals surface area contributed by atoms with Crippen LogP contribution in [0.2, 0.25) is 0 Å². The zero-order valence-corrected chi connectivity index (χ0v) is 17.5. The minimum absolute atomic E-state index is 0.0775. The maximum absolute atomic E-state index is 12.5. The van der Waals surface area contributed by atoms with E-state index in [4.69, 9.17) is 4.52 Å². The summed E-state index contributed by atoms with van der Waals surface area (Å²) in [5, 5.41) is 7.65. The van der Waals surface area contributed by atoms with Crippen LogP contribution in [0, 0.1) is 0 Å². The summed E-state index contributed by atoms with van der Waals surface area (Å²) >= 11 is 0. The van der Waals surface area contributed by atoms with Crippen LogP contribution in [-0.2, 0) is 11.6 Å². The number of fused-ring (bicyclic) bond motifs is 1. The molecule has 0 spiro atoms. The average molecular weight is 428 g/mol. The van der Waals surface area contributed by atoms with Gasteiger partial charge in [0.05, 0.1) is 5.69 Å². The summed E-state index contributed by atoms with van der Waals surface area (Å²) in [6, 6.07) is 12.5. The summed E-state index contributed by atoms with van der Waals surface area (Å²) in [6.45, 7) is 3.76. The fourth-order valence-electron chi connectivity index (χ4n) is 3.49. The summed E-state index contributed by atoms with van der Waals surface area (Å²) in [5.74, 6) is 0.406. The molecule has 2 aromatic heterocycles. The minimum atomic E-state index is -4.70. The SMILES string of the molecule is CC(C)c1cc(-c2n[nH]c(=O)n2-c2ccc3c(ccn3C)c2)ccc1OP(=O)(O)O. The second-order valence-electron chi connectivity index (χ2n) is 7.35. The molecular weight excluding hydrogens is 407 g/mol. The molecule has 0 amide bonds. The van der Waals surface area contributed by atoms with E-state index in [0.29, 0.717) is 22.6 Å². The van der Waals surface area contributed by atoms with Gasteiger partial charge in [-0.2, -0.15) is 5.10 Å². The molecule has 0 bridgehead atoms. The lowest BCUT2D eigenvalue weighted by Gasteiger charge is -2.16. The van der Waals surface area contributed by atoms with Crippen LogP contribution in [0.15, 0.2) is 53.5 Å². The molecule has 0 saturated heterocycles. The molecule has 9 nitrogen and oxygen atoms in total. The van der Waals surface area contributed by atoms with Crippen molar-refractivity contribution in [2.24, 2.45) is 7.05 Å². The Balaban J connectivity index is 1.85. The molecule has 2 heterocycles. The van der Waals surface area contributed by atoms with Crippen molar-refractivity contribution in [3.05, 3.63) is 64.7 Å². The lowest BCUT2D eigenvalue weighted by molar-refractivity contribution is 0.282. The first-order valence-corrected chi connectivity index (χ1v) is 10.8. The number of nitrogens with zero attached hydrogens (tertiary/aromatic N) is 3. The highest BCUT2D eigenvalue weighted by molar-refractivity contribution is 7.46. The van der Waals surface area contributed by atoms with Gasteiger partial charge < -0.3 is 9.09 Å². The average Bonchev–Trinajstić information content (AvgIpc) is 3.23. The number of aryl methyl sites for hydroxylation is 1. The molecule has 0 saturated carbocycles. The normalized spacial score (nSPS) is 12.1. The second kappa shape index (κ2) is 7.28. The number of aromatic amines is 1. The van der Waals surface area contributed by atoms with Crippen LogP contribution in [0.5, 0.6) is 5.75 Å². The highest BCUT2D eigenvalue weighted by Crippen LogP contribution is 2.42. The van der Waals surface area contributed by atoms with Crippen LogP contribution in [0.1, 0.15) is 25.3 Å². The van der Waals surface area contributed by atoms with Crippen molar-refractivity contribution >= 4 is 18.7 Å². The van der Waals surface area contributed by atoms with E-state index >= 15 is 0 Å². The Kier molecular flexibility index (Phi) is 4.89. The molecule has 4 rings (SSSR count). The van der Waals surface area contributed by atoms with Crippen LogP contribution >= 0.6 is 7.82 Å². The molecule has 0 atom stereocenters. The maximum Gasteiger partial charge on any atom is 0.524 e. The molecule has 0 aliphatic carbocycles. The van der Waals surface area contributed by atoms with Gasteiger partial charge in [0.15, 0.2) is 5.82 Å². The van der Waals surface area contributed by atoms with Gasteiger partial charge in [0.2, 0.25) is 0 Å². The van der Waals surface area contributed by atoms with Crippen LogP contribution in [0.25, 0.3) is 28.0 Å². The van der Waals surface area contributed by atoms with E-state index in [2.05, 4.69) is 10.2 Å². The van der Waals surface area contributed by atoms with Gasteiger partial charge in [-0.3, -0.25) is 9.79 Å². The predicted octanol–water partition coefficient (Wildman–Crippen LogP) is 3.31. The third-order valence-corrected chi connectivity index (χ3v) is 5.34. The number of rotatable bonds is 5. The van der Waals surface area contributed by atoms with E-state index in [1.54, 1.807) is 12.1 Å². The number of hydrogen-bond acceptors (Lipinski definition) is 4. The highest BCUT2D eigenvalue weighted by atomic mass is 31.2. The Morgan fingerprint density at radius 1 is 1.13 bits per heavy atom. The van der Waals surface area contributed by atoms with Gasteiger partial charge in [0.1, 0.15) is 5.75 Å². The lowest BCUT2D eigenvalue weighted by Crippen LogP contribution is -2.15. The summed E-state index contributed by atoms with van der Waals surface area (Å²) in [7, 11) is -2.74. The first kappa shape index (κ1) is 20.2. The van der Waals surface area contributed by atoms with E-state index < -0.39 is 7.82 Å². The van der Waals surface area contributed by atoms with Crippen molar-refractivity contribution in [1.29, 1.82) is 0 Å². The standard InChI is InChI=1S/C20H21N4O5P/c1-12(2)16-11-14(4-7-18(16)29-30(26,27)28)19-21-22-20(25)24(19)15-5-6-17-13(10-15)8-9-23(17)3/h4-12H,1-3H3,(H,22,25)(H2,26,27,28). The van der Waals surface area contributed by atoms with Crippen molar-refractivity contribution in [3.63, 3.8) is 0 Å². The Morgan fingerprint density at radius 2 is 1.90 bits per heavy atom. The predicted molar refractivity (Wildman–Crippen MR) is 113 cm³/mol. The number of H-pyrrole nitrogens is 1. The molecule has 4 aromatic rings. The third kappa shape index (κ3) is 3.70. The lowest BCUT2D eigenvalue weighted by atomic mass is 9.99. The number of phosphoric ester groups is 1. The Bertz CT molecular complexity index is 1340. The summed E-state index contributed by atoms with van der Waals surface area (Å²) in [4.78, 5) is 30.9. The van der Waals surface area contributed by atoms with E-state index in [0.717, 1.165) is 10.9 Å². The second-order valence-corrected chi connectivity index (χ2v) is 8.51. The van der Waals surface area contributed by atoms with Gasteiger partial charge in [-0.1, -0.05) is 13.8 Å². The van der Waals surface area contributed by atoms with Crippen molar-refractivity contribution in [1.82, 2.24) is 19.3 Å². The van der Waals surface area contributed by atoms with Crippen molar-refractivity contribution in [3.8, 4) is 22.8 Å². The number of nitrogens with one attached hydrogen (secondary N) is 1. The van der Waals surface area contributed by atoms with Crippen molar-refractivity contribution < 1.29 is 18.9 Å². The zero-order chi connectivity index (χ0) is 21.6. The molecule has 3 N–H and O–H groups in total. The molecule has 2 aromatic carbocycles. The van der Waals surface area contributed by atoms with Gasteiger partial charge in [-0.05, 0) is 53.9 Å². The Morgan fingerprint density at radius 3 is 2.60 bits per heavy atom. The quantitative estimate of drug-likeness (QED) is 0.419. The maximum atomic E-state index is 12.5. The van der Waals surface area contributed by atoms with Gasteiger partial charge >= 0.3 is 13.5 Å². The van der Waals surface area contributed by atoms with Gasteiger partial charge in [-0.15, -0.1) is 0 Å². The number of phosphoric acid groups is 1. The highest BCUT2D eigenvalue weighted by Gasteiger charge is 2.21. The molecule has 0 fully saturated rings. The van der Waals surface area contributed by atoms with Gasteiger partial charge in [0, 0.05) is 29.7 Å². The monoisotopic (exact) mass is 428 g/mol. The van der Waals surface area contributed by atoms with Crippen LogP contribution in [0.4, 0.5) is 0 Å². The van der Waals surface area contributed by atoms with E-state index in [1.807, 2.05) is 55.9 Å². The Labute approximate surface area is 171 Å². The van der Waals surface area contributed by atoms with E-state index in [-0.39, 0.29) is 17.4 Å². The summed E-state index contributed by atoms with van der Waals surface area (Å²) in [5.41, 5.74) is 2.52. The molecule has 0 aliphatic heterocycles. The summed E-state index contributed by atoms with van der Waals surface area (Å²) < 4.78 is 19.6. The summed E-state index contributed by atoms with van der Waals surface area (Å²) in [6.07, 6.45) is 1.95. The Hall–Kier alpha value is -3.13.